The third-order valence-electron chi connectivity index (χ3n) is 5.00. The zero-order valence-electron chi connectivity index (χ0n) is 16.8. The fourth-order valence-corrected chi connectivity index (χ4v) is 3.51. The molecular formula is C22H29N3O4. The number of amides is 1. The molecule has 156 valence electrons. The van der Waals surface area contributed by atoms with Crippen LogP contribution in [0.3, 0.4) is 0 Å². The van der Waals surface area contributed by atoms with Crippen molar-refractivity contribution in [3.05, 3.63) is 54.1 Å². The van der Waals surface area contributed by atoms with Crippen LogP contribution in [0.15, 0.2) is 48.5 Å². The zero-order chi connectivity index (χ0) is 20.6. The van der Waals surface area contributed by atoms with Gasteiger partial charge in [-0.2, -0.15) is 0 Å². The number of rotatable bonds is 9. The van der Waals surface area contributed by atoms with Crippen molar-refractivity contribution >= 4 is 11.6 Å². The Morgan fingerprint density at radius 3 is 2.48 bits per heavy atom. The molecule has 1 saturated heterocycles. The smallest absolute Gasteiger partial charge is 0.221 e. The molecule has 0 saturated carbocycles. The summed E-state index contributed by atoms with van der Waals surface area (Å²) in [4.78, 5) is 15.7. The van der Waals surface area contributed by atoms with Crippen LogP contribution in [0.4, 0.5) is 5.69 Å². The zero-order valence-corrected chi connectivity index (χ0v) is 16.8. The van der Waals surface area contributed by atoms with E-state index < -0.39 is 12.0 Å². The number of ether oxygens (including phenoxy) is 2. The first-order valence-corrected chi connectivity index (χ1v) is 9.83. The molecule has 1 atom stereocenters. The van der Waals surface area contributed by atoms with Crippen molar-refractivity contribution in [2.45, 2.75) is 12.5 Å². The first-order chi connectivity index (χ1) is 14.0. The molecule has 7 nitrogen and oxygen atoms in total. The van der Waals surface area contributed by atoms with Gasteiger partial charge in [0.25, 0.3) is 0 Å². The van der Waals surface area contributed by atoms with Crippen molar-refractivity contribution < 1.29 is 19.4 Å². The van der Waals surface area contributed by atoms with Crippen molar-refractivity contribution in [2.24, 2.45) is 5.73 Å². The second-order valence-electron chi connectivity index (χ2n) is 7.22. The van der Waals surface area contributed by atoms with Crippen molar-refractivity contribution in [2.75, 3.05) is 51.3 Å². The molecule has 29 heavy (non-hydrogen) atoms. The summed E-state index contributed by atoms with van der Waals surface area (Å²) in [7, 11) is 1.54. The Bertz CT molecular complexity index is 792. The molecule has 1 aliphatic heterocycles. The van der Waals surface area contributed by atoms with E-state index >= 15 is 0 Å². The molecule has 2 aromatic rings. The number of benzene rings is 2. The normalized spacial score (nSPS) is 15.7. The topological polar surface area (TPSA) is 88.3 Å². The van der Waals surface area contributed by atoms with E-state index in [1.807, 2.05) is 6.07 Å². The van der Waals surface area contributed by atoms with E-state index in [4.69, 9.17) is 15.2 Å². The second-order valence-corrected chi connectivity index (χ2v) is 7.22. The molecule has 1 amide bonds. The minimum Gasteiger partial charge on any atom is -0.493 e. The van der Waals surface area contributed by atoms with Gasteiger partial charge >= 0.3 is 0 Å². The fourth-order valence-electron chi connectivity index (χ4n) is 3.51. The van der Waals surface area contributed by atoms with Gasteiger partial charge in [-0.05, 0) is 29.8 Å². The Morgan fingerprint density at radius 1 is 1.10 bits per heavy atom. The molecule has 0 spiro atoms. The third kappa shape index (κ3) is 6.10. The standard InChI is InChI=1S/C22H29N3O4/c1-28-21-13-17(14-22(23)27)7-8-20(21)29-16-19(26)15-24-9-11-25(12-10-24)18-5-3-2-4-6-18/h2-8,13,19,26H,9-12,14-16H2,1H3,(H2,23,27). The van der Waals surface area contributed by atoms with E-state index in [0.717, 1.165) is 31.7 Å². The number of β-amino-alcohol motifs (C(OH)–C–C–N with tert-alkyl or cyclic N) is 1. The minimum atomic E-state index is -0.603. The van der Waals surface area contributed by atoms with Crippen molar-refractivity contribution in [1.82, 2.24) is 4.90 Å². The molecule has 3 N–H and O–H groups in total. The van der Waals surface area contributed by atoms with E-state index in [1.54, 1.807) is 25.3 Å². The van der Waals surface area contributed by atoms with Crippen LogP contribution in [0.2, 0.25) is 0 Å². The van der Waals surface area contributed by atoms with Crippen LogP contribution in [0.5, 0.6) is 11.5 Å². The van der Waals surface area contributed by atoms with Crippen LogP contribution in [0, 0.1) is 0 Å². The van der Waals surface area contributed by atoms with E-state index in [0.29, 0.717) is 18.0 Å². The number of nitrogens with zero attached hydrogens (tertiary/aromatic N) is 2. The average molecular weight is 399 g/mol. The number of primary amides is 1. The van der Waals surface area contributed by atoms with Crippen LogP contribution in [0.25, 0.3) is 0 Å². The Labute approximate surface area is 171 Å². The highest BCUT2D eigenvalue weighted by Crippen LogP contribution is 2.28. The molecule has 1 heterocycles. The summed E-state index contributed by atoms with van der Waals surface area (Å²) in [5.74, 6) is 0.657. The van der Waals surface area contributed by atoms with Crippen molar-refractivity contribution in [3.8, 4) is 11.5 Å². The number of methoxy groups -OCH3 is 1. The molecule has 7 heteroatoms. The van der Waals surface area contributed by atoms with Crippen LogP contribution in [-0.2, 0) is 11.2 Å². The van der Waals surface area contributed by atoms with Crippen LogP contribution >= 0.6 is 0 Å². The molecule has 1 aliphatic rings. The fraction of sp³-hybridized carbons (Fsp3) is 0.409. The van der Waals surface area contributed by atoms with Gasteiger partial charge in [-0.1, -0.05) is 24.3 Å². The van der Waals surface area contributed by atoms with Gasteiger partial charge in [0.1, 0.15) is 12.7 Å². The van der Waals surface area contributed by atoms with E-state index in [9.17, 15) is 9.90 Å². The van der Waals surface area contributed by atoms with Gasteiger partial charge in [0.2, 0.25) is 5.91 Å². The lowest BCUT2D eigenvalue weighted by Gasteiger charge is -2.36. The van der Waals surface area contributed by atoms with E-state index in [-0.39, 0.29) is 13.0 Å². The van der Waals surface area contributed by atoms with Crippen LogP contribution in [-0.4, -0.2) is 68.5 Å². The monoisotopic (exact) mass is 399 g/mol. The maximum Gasteiger partial charge on any atom is 0.221 e. The summed E-state index contributed by atoms with van der Waals surface area (Å²) < 4.78 is 11.1. The maximum atomic E-state index is 11.1. The van der Waals surface area contributed by atoms with Gasteiger partial charge in [0.05, 0.1) is 13.5 Å². The largest absolute Gasteiger partial charge is 0.493 e. The Hall–Kier alpha value is -2.77. The highest BCUT2D eigenvalue weighted by atomic mass is 16.5. The number of piperazine rings is 1. The Balaban J connectivity index is 1.45. The highest BCUT2D eigenvalue weighted by molar-refractivity contribution is 5.76. The Kier molecular flexibility index (Phi) is 7.32. The predicted octanol–water partition coefficient (Wildman–Crippen LogP) is 1.28. The lowest BCUT2D eigenvalue weighted by atomic mass is 10.1. The first-order valence-electron chi connectivity index (χ1n) is 9.83. The summed E-state index contributed by atoms with van der Waals surface area (Å²) in [6, 6.07) is 15.6. The van der Waals surface area contributed by atoms with Gasteiger partial charge in [-0.25, -0.2) is 0 Å². The van der Waals surface area contributed by atoms with E-state index in [1.165, 1.54) is 5.69 Å². The molecule has 0 radical (unpaired) electrons. The summed E-state index contributed by atoms with van der Waals surface area (Å²) in [5, 5.41) is 10.4. The number of aliphatic hydroxyl groups excluding tert-OH is 1. The molecule has 1 fully saturated rings. The molecule has 0 aliphatic carbocycles. The summed E-state index contributed by atoms with van der Waals surface area (Å²) in [6.07, 6.45) is -0.456. The van der Waals surface area contributed by atoms with Gasteiger partial charge in [-0.3, -0.25) is 9.69 Å². The number of carbonyl (C=O) groups is 1. The van der Waals surface area contributed by atoms with Crippen molar-refractivity contribution in [1.29, 1.82) is 0 Å². The number of nitrogens with two attached hydrogens (primary N) is 1. The van der Waals surface area contributed by atoms with E-state index in [2.05, 4.69) is 34.1 Å². The summed E-state index contributed by atoms with van der Waals surface area (Å²) in [5.41, 5.74) is 7.23. The predicted molar refractivity (Wildman–Crippen MR) is 112 cm³/mol. The van der Waals surface area contributed by atoms with Gasteiger partial charge < -0.3 is 25.2 Å². The number of anilines is 1. The number of hydrogen-bond acceptors (Lipinski definition) is 6. The lowest BCUT2D eigenvalue weighted by Crippen LogP contribution is -2.49. The van der Waals surface area contributed by atoms with Crippen LogP contribution in [0.1, 0.15) is 5.56 Å². The molecule has 2 aromatic carbocycles. The third-order valence-corrected chi connectivity index (χ3v) is 5.00. The molecule has 0 bridgehead atoms. The molecular weight excluding hydrogens is 370 g/mol. The number of para-hydroxylation sites is 1. The van der Waals surface area contributed by atoms with Gasteiger partial charge in [-0.15, -0.1) is 0 Å². The number of aliphatic hydroxyl groups is 1. The molecule has 3 rings (SSSR count). The number of hydrogen-bond donors (Lipinski definition) is 2. The quantitative estimate of drug-likeness (QED) is 0.661. The number of carbonyl (C=O) groups excluding carboxylic acids is 1. The molecule has 0 aromatic heterocycles. The van der Waals surface area contributed by atoms with Gasteiger partial charge in [0.15, 0.2) is 11.5 Å². The minimum absolute atomic E-state index is 0.147. The summed E-state index contributed by atoms with van der Waals surface area (Å²) in [6.45, 7) is 4.41. The highest BCUT2D eigenvalue weighted by Gasteiger charge is 2.20. The van der Waals surface area contributed by atoms with Gasteiger partial charge in [0, 0.05) is 38.4 Å². The first kappa shape index (κ1) is 21.0. The SMILES string of the molecule is COc1cc(CC(N)=O)ccc1OCC(O)CN1CCN(c2ccccc2)CC1. The maximum absolute atomic E-state index is 11.1. The second kappa shape index (κ2) is 10.1. The van der Waals surface area contributed by atoms with Crippen molar-refractivity contribution in [3.63, 3.8) is 0 Å². The molecule has 1 unspecified atom stereocenters. The lowest BCUT2D eigenvalue weighted by molar-refractivity contribution is -0.117. The summed E-state index contributed by atoms with van der Waals surface area (Å²) >= 11 is 0. The Morgan fingerprint density at radius 2 is 1.83 bits per heavy atom. The van der Waals surface area contributed by atoms with Crippen LogP contribution < -0.4 is 20.1 Å². The average Bonchev–Trinajstić information content (AvgIpc) is 2.73.